The Morgan fingerprint density at radius 1 is 0.585 bits per heavy atom. The molecule has 8 rings (SSSR count). The Bertz CT molecular complexity index is 2140. The summed E-state index contributed by atoms with van der Waals surface area (Å²) in [4.78, 5) is 0. The SMILES string of the molecule is CO[C@H]1O[C@H](CO[C@@H]2O[C@H]([C@H]3COC(C)(C)O3)[C@H](O[Si](c3ccccc3)(c3ccccc3)C(C)(C)C)[C@@H]2O)[C@@H](OCc2ccccc2)[C@H](OCc2ccccc2)[C@H]1OCc1ccccc1. The van der Waals surface area contributed by atoms with Gasteiger partial charge in [0.25, 0.3) is 8.32 Å². The third-order valence-electron chi connectivity index (χ3n) is 12.5. The summed E-state index contributed by atoms with van der Waals surface area (Å²) >= 11 is 0. The second-order valence-corrected chi connectivity index (χ2v) is 22.7. The molecule has 5 aromatic carbocycles. The number of aliphatic hydroxyl groups is 1. The zero-order valence-corrected chi connectivity index (χ0v) is 39.3. The molecule has 0 unspecified atom stereocenters. The highest BCUT2D eigenvalue weighted by atomic mass is 28.4. The molecule has 3 aliphatic heterocycles. The number of hydrogen-bond donors (Lipinski definition) is 1. The van der Waals surface area contributed by atoms with Crippen molar-refractivity contribution in [1.29, 1.82) is 0 Å². The van der Waals surface area contributed by atoms with E-state index >= 15 is 0 Å². The highest BCUT2D eigenvalue weighted by molar-refractivity contribution is 6.99. The van der Waals surface area contributed by atoms with Crippen molar-refractivity contribution in [1.82, 2.24) is 0 Å². The van der Waals surface area contributed by atoms with Gasteiger partial charge in [-0.3, -0.25) is 0 Å². The van der Waals surface area contributed by atoms with Gasteiger partial charge in [0.05, 0.1) is 33.0 Å². The number of benzene rings is 5. The van der Waals surface area contributed by atoms with Gasteiger partial charge in [-0.15, -0.1) is 0 Å². The van der Waals surface area contributed by atoms with Gasteiger partial charge >= 0.3 is 0 Å². The minimum absolute atomic E-state index is 0.0518. The van der Waals surface area contributed by atoms with E-state index in [0.29, 0.717) is 13.2 Å². The van der Waals surface area contributed by atoms with Crippen molar-refractivity contribution in [2.75, 3.05) is 20.3 Å². The summed E-state index contributed by atoms with van der Waals surface area (Å²) in [5, 5.41) is 14.3. The molecule has 0 aromatic heterocycles. The Morgan fingerprint density at radius 2 is 1.05 bits per heavy atom. The fraction of sp³-hybridized carbons (Fsp3) is 0.434. The normalized spacial score (nSPS) is 28.0. The Morgan fingerprint density at radius 3 is 1.49 bits per heavy atom. The van der Waals surface area contributed by atoms with Crippen LogP contribution >= 0.6 is 0 Å². The average Bonchev–Trinajstić information content (AvgIpc) is 3.85. The minimum Gasteiger partial charge on any atom is -0.399 e. The van der Waals surface area contributed by atoms with Gasteiger partial charge < -0.3 is 52.2 Å². The van der Waals surface area contributed by atoms with Gasteiger partial charge in [0, 0.05) is 7.11 Å². The Balaban J connectivity index is 1.11. The molecule has 0 spiro atoms. The van der Waals surface area contributed by atoms with E-state index in [-0.39, 0.29) is 24.9 Å². The number of methoxy groups -OCH3 is 1. The third kappa shape index (κ3) is 11.0. The van der Waals surface area contributed by atoms with Crippen molar-refractivity contribution < 1.29 is 52.2 Å². The van der Waals surface area contributed by atoms with E-state index in [1.165, 1.54) is 0 Å². The summed E-state index contributed by atoms with van der Waals surface area (Å²) in [7, 11) is -1.62. The summed E-state index contributed by atoms with van der Waals surface area (Å²) in [6, 6.07) is 50.6. The molecule has 10 atom stereocenters. The molecule has 3 heterocycles. The third-order valence-corrected chi connectivity index (χ3v) is 17.5. The fourth-order valence-electron chi connectivity index (χ4n) is 9.27. The molecule has 0 bridgehead atoms. The predicted octanol–water partition coefficient (Wildman–Crippen LogP) is 7.31. The molecule has 3 fully saturated rings. The van der Waals surface area contributed by atoms with E-state index in [4.69, 9.17) is 47.1 Å². The smallest absolute Gasteiger partial charge is 0.261 e. The molecule has 65 heavy (non-hydrogen) atoms. The van der Waals surface area contributed by atoms with Gasteiger partial charge in [-0.2, -0.15) is 0 Å². The topological polar surface area (TPSA) is 113 Å². The minimum atomic E-state index is -3.21. The van der Waals surface area contributed by atoms with Gasteiger partial charge in [0.15, 0.2) is 18.4 Å². The lowest BCUT2D eigenvalue weighted by Crippen LogP contribution is -2.69. The lowest BCUT2D eigenvalue weighted by molar-refractivity contribution is -0.328. The number of rotatable bonds is 18. The number of hydrogen-bond acceptors (Lipinski definition) is 11. The van der Waals surface area contributed by atoms with Crippen LogP contribution in [-0.4, -0.2) is 101 Å². The highest BCUT2D eigenvalue weighted by Gasteiger charge is 2.59. The maximum atomic E-state index is 12.6. The van der Waals surface area contributed by atoms with Gasteiger partial charge in [0.1, 0.15) is 48.8 Å². The van der Waals surface area contributed by atoms with E-state index in [0.717, 1.165) is 27.1 Å². The van der Waals surface area contributed by atoms with Crippen molar-refractivity contribution in [3.63, 3.8) is 0 Å². The Hall–Kier alpha value is -4.12. The molecule has 0 saturated carbocycles. The van der Waals surface area contributed by atoms with Crippen LogP contribution in [0.4, 0.5) is 0 Å². The van der Waals surface area contributed by atoms with Crippen molar-refractivity contribution in [2.45, 2.75) is 127 Å². The molecule has 0 radical (unpaired) electrons. The molecule has 346 valence electrons. The standard InChI is InChI=1S/C53H64O11Si/c1-52(2,3)65(40-28-18-10-19-29-40,41-30-20-11-21-31-41)64-47-44(54)50(62-46(47)43-36-60-53(4,5)63-43)59-35-42-45(56-32-37-22-12-7-13-23-37)48(57-33-38-24-14-8-15-25-38)49(51(55-6)61-42)58-34-39-26-16-9-17-27-39/h7-31,42-51,54H,32-36H2,1-6H3/t42-,43-,44+,45-,46-,47-,48+,49-,50-,51+/m1/s1. The lowest BCUT2D eigenvalue weighted by atomic mass is 9.97. The van der Waals surface area contributed by atoms with Crippen molar-refractivity contribution >= 4 is 18.7 Å². The maximum Gasteiger partial charge on any atom is 0.261 e. The molecule has 3 aliphatic rings. The first-order valence-corrected chi connectivity index (χ1v) is 24.6. The van der Waals surface area contributed by atoms with Crippen molar-refractivity contribution in [3.8, 4) is 0 Å². The van der Waals surface area contributed by atoms with Crippen LogP contribution in [0.3, 0.4) is 0 Å². The van der Waals surface area contributed by atoms with E-state index in [9.17, 15) is 5.11 Å². The van der Waals surface area contributed by atoms with Gasteiger partial charge in [-0.05, 0) is 45.9 Å². The van der Waals surface area contributed by atoms with E-state index in [1.807, 2.05) is 141 Å². The summed E-state index contributed by atoms with van der Waals surface area (Å²) in [6.45, 7) is 11.4. The molecule has 0 aliphatic carbocycles. The van der Waals surface area contributed by atoms with E-state index < -0.39 is 75.5 Å². The molecular formula is C53H64O11Si. The van der Waals surface area contributed by atoms with E-state index in [2.05, 4.69) is 45.0 Å². The van der Waals surface area contributed by atoms with Crippen LogP contribution in [0.1, 0.15) is 51.3 Å². The first-order chi connectivity index (χ1) is 31.5. The molecule has 5 aromatic rings. The molecule has 11 nitrogen and oxygen atoms in total. The highest BCUT2D eigenvalue weighted by Crippen LogP contribution is 2.42. The van der Waals surface area contributed by atoms with Gasteiger partial charge in [-0.25, -0.2) is 0 Å². The van der Waals surface area contributed by atoms with Crippen molar-refractivity contribution in [3.05, 3.63) is 168 Å². The van der Waals surface area contributed by atoms with Gasteiger partial charge in [-0.1, -0.05) is 172 Å². The Kier molecular flexibility index (Phi) is 15.5. The summed E-state index contributed by atoms with van der Waals surface area (Å²) in [5.74, 6) is -0.859. The first kappa shape index (κ1) is 47.4. The average molecular weight is 905 g/mol. The number of aliphatic hydroxyl groups excluding tert-OH is 1. The zero-order valence-electron chi connectivity index (χ0n) is 38.3. The predicted molar refractivity (Wildman–Crippen MR) is 249 cm³/mol. The summed E-state index contributed by atoms with van der Waals surface area (Å²) in [5.41, 5.74) is 2.96. The Labute approximate surface area is 384 Å². The lowest BCUT2D eigenvalue weighted by Gasteiger charge is -2.46. The fourth-order valence-corrected chi connectivity index (χ4v) is 14.0. The van der Waals surface area contributed by atoms with E-state index in [1.54, 1.807) is 7.11 Å². The van der Waals surface area contributed by atoms with Crippen LogP contribution in [0, 0.1) is 0 Å². The second kappa shape index (κ2) is 21.2. The second-order valence-electron chi connectivity index (χ2n) is 18.5. The molecule has 0 amide bonds. The zero-order chi connectivity index (χ0) is 45.4. The van der Waals surface area contributed by atoms with Crippen LogP contribution in [-0.2, 0) is 66.9 Å². The van der Waals surface area contributed by atoms with Crippen molar-refractivity contribution in [2.24, 2.45) is 0 Å². The maximum absolute atomic E-state index is 12.6. The quantitative estimate of drug-likeness (QED) is 0.0894. The first-order valence-electron chi connectivity index (χ1n) is 22.7. The molecule has 12 heteroatoms. The molecular weight excluding hydrogens is 841 g/mol. The largest absolute Gasteiger partial charge is 0.399 e. The van der Waals surface area contributed by atoms with Crippen LogP contribution in [0.2, 0.25) is 5.04 Å². The molecule has 1 N–H and O–H groups in total. The van der Waals surface area contributed by atoms with Gasteiger partial charge in [0.2, 0.25) is 0 Å². The van der Waals surface area contributed by atoms with Crippen LogP contribution in [0.15, 0.2) is 152 Å². The van der Waals surface area contributed by atoms with Crippen LogP contribution in [0.5, 0.6) is 0 Å². The van der Waals surface area contributed by atoms with Crippen LogP contribution in [0.25, 0.3) is 0 Å². The molecule has 3 saturated heterocycles. The van der Waals surface area contributed by atoms with Crippen LogP contribution < -0.4 is 10.4 Å². The monoisotopic (exact) mass is 904 g/mol. The summed E-state index contributed by atoms with van der Waals surface area (Å²) in [6.07, 6.45) is -8.22. The summed E-state index contributed by atoms with van der Waals surface area (Å²) < 4.78 is 66.7. The number of ether oxygens (including phenoxy) is 9.